The molecule has 0 aromatic rings. The summed E-state index contributed by atoms with van der Waals surface area (Å²) in [7, 11) is 4.11. The summed E-state index contributed by atoms with van der Waals surface area (Å²) in [5.74, 6) is 2.16. The zero-order valence-electron chi connectivity index (χ0n) is 7.44. The Hall–Kier alpha value is 1.40. The molecular weight excluding hydrogens is 303 g/mol. The van der Waals surface area contributed by atoms with E-state index in [-0.39, 0.29) is 0 Å². The quantitative estimate of drug-likeness (QED) is 0.260. The Labute approximate surface area is 103 Å². The molecule has 0 aliphatic heterocycles. The van der Waals surface area contributed by atoms with E-state index in [2.05, 4.69) is 33.5 Å². The Morgan fingerprint density at radius 2 is 1.38 bits per heavy atom. The Kier molecular flexibility index (Phi) is 14.8. The second kappa shape index (κ2) is 13.4. The van der Waals surface area contributed by atoms with Crippen LogP contribution in [0.15, 0.2) is 25.3 Å². The molecule has 5 heteroatoms. The van der Waals surface area contributed by atoms with Gasteiger partial charge in [-0.05, 0) is 0 Å². The molecule has 0 amide bonds. The summed E-state index contributed by atoms with van der Waals surface area (Å²) in [5, 5.41) is 2.43. The van der Waals surface area contributed by atoms with Crippen molar-refractivity contribution in [2.75, 3.05) is 21.7 Å². The van der Waals surface area contributed by atoms with Crippen molar-refractivity contribution in [1.82, 2.24) is 0 Å². The number of rotatable bonds is 10. The van der Waals surface area contributed by atoms with Gasteiger partial charge < -0.3 is 0 Å². The van der Waals surface area contributed by atoms with Gasteiger partial charge in [0.05, 0.1) is 0 Å². The predicted octanol–water partition coefficient (Wildman–Crippen LogP) is 3.74. The van der Waals surface area contributed by atoms with Gasteiger partial charge >= 0.3 is 104 Å². The molecule has 0 aliphatic rings. The van der Waals surface area contributed by atoms with E-state index < -0.39 is 0 Å². The molecule has 0 aromatic heterocycles. The van der Waals surface area contributed by atoms with Crippen LogP contribution in [0, 0.1) is 0 Å². The van der Waals surface area contributed by atoms with Gasteiger partial charge in [0.2, 0.25) is 0 Å². The van der Waals surface area contributed by atoms with Crippen molar-refractivity contribution < 1.29 is 0 Å². The average molecular weight is 317 g/mol. The van der Waals surface area contributed by atoms with Crippen molar-refractivity contribution in [1.29, 1.82) is 0 Å². The summed E-state index contributed by atoms with van der Waals surface area (Å²) in [6.45, 7) is 7.37. The fourth-order valence-corrected chi connectivity index (χ4v) is 11.7. The van der Waals surface area contributed by atoms with Crippen LogP contribution in [0.25, 0.3) is 0 Å². The van der Waals surface area contributed by atoms with Crippen LogP contribution in [0.4, 0.5) is 0 Å². The standard InChI is InChI=1S/C8H14S4Se/c1-3-5-9-7-11-13-12-8-10-6-4-2/h3-4H,1-2,5-8H2. The third-order valence-corrected chi connectivity index (χ3v) is 11.9. The maximum atomic E-state index is 3.69. The van der Waals surface area contributed by atoms with Gasteiger partial charge in [0.15, 0.2) is 0 Å². The molecule has 0 N–H and O–H groups in total. The first kappa shape index (κ1) is 14.4. The van der Waals surface area contributed by atoms with Gasteiger partial charge in [0.1, 0.15) is 0 Å². The molecule has 0 aliphatic carbocycles. The molecule has 0 atom stereocenters. The molecule has 76 valence electrons. The maximum absolute atomic E-state index is 3.69. The fraction of sp³-hybridized carbons (Fsp3) is 0.500. The summed E-state index contributed by atoms with van der Waals surface area (Å²) in [5.41, 5.74) is 0. The van der Waals surface area contributed by atoms with E-state index in [1.165, 1.54) is 10.2 Å². The average Bonchev–Trinajstić information content (AvgIpc) is 2.16. The summed E-state index contributed by atoms with van der Waals surface area (Å²) in [6, 6.07) is 0. The van der Waals surface area contributed by atoms with Crippen molar-refractivity contribution in [3.8, 4) is 0 Å². The Morgan fingerprint density at radius 1 is 0.923 bits per heavy atom. The molecule has 0 aromatic carbocycles. The van der Waals surface area contributed by atoms with Crippen LogP contribution in [0.1, 0.15) is 0 Å². The monoisotopic (exact) mass is 318 g/mol. The van der Waals surface area contributed by atoms with Crippen LogP contribution in [0.2, 0.25) is 0 Å². The van der Waals surface area contributed by atoms with Crippen molar-refractivity contribution in [3.63, 3.8) is 0 Å². The summed E-state index contributed by atoms with van der Waals surface area (Å²) < 4.78 is 0. The zero-order valence-corrected chi connectivity index (χ0v) is 12.4. The SMILES string of the molecule is C=CCSCS[Se]SCSCC=C. The number of hydrogen-bond donors (Lipinski definition) is 0. The minimum absolute atomic E-state index is 0.697. The second-order valence-corrected chi connectivity index (χ2v) is 11.8. The molecule has 0 fully saturated rings. The summed E-state index contributed by atoms with van der Waals surface area (Å²) in [4.78, 5) is 0. The summed E-state index contributed by atoms with van der Waals surface area (Å²) in [6.07, 6.45) is 3.93. The van der Waals surface area contributed by atoms with Crippen LogP contribution in [0.5, 0.6) is 0 Å². The van der Waals surface area contributed by atoms with Gasteiger partial charge in [0, 0.05) is 0 Å². The molecule has 0 bridgehead atoms. The van der Waals surface area contributed by atoms with E-state index in [4.69, 9.17) is 0 Å². The number of hydrogen-bond acceptors (Lipinski definition) is 4. The molecule has 0 rings (SSSR count). The van der Waals surface area contributed by atoms with Gasteiger partial charge in [-0.3, -0.25) is 0 Å². The van der Waals surface area contributed by atoms with E-state index in [0.29, 0.717) is 12.7 Å². The van der Waals surface area contributed by atoms with E-state index in [0.717, 1.165) is 11.5 Å². The van der Waals surface area contributed by atoms with Gasteiger partial charge in [-0.15, -0.1) is 0 Å². The molecule has 0 saturated heterocycles. The molecule has 0 heterocycles. The second-order valence-electron chi connectivity index (χ2n) is 1.86. The molecule has 0 unspecified atom stereocenters. The van der Waals surface area contributed by atoms with Crippen molar-refractivity contribution in [3.05, 3.63) is 25.3 Å². The Morgan fingerprint density at radius 3 is 1.77 bits per heavy atom. The molecular formula is C8H14S4Se. The van der Waals surface area contributed by atoms with Crippen LogP contribution in [0.3, 0.4) is 0 Å². The van der Waals surface area contributed by atoms with Crippen LogP contribution >= 0.6 is 43.9 Å². The van der Waals surface area contributed by atoms with Crippen molar-refractivity contribution >= 4 is 56.6 Å². The van der Waals surface area contributed by atoms with Crippen molar-refractivity contribution in [2.24, 2.45) is 0 Å². The topological polar surface area (TPSA) is 0 Å². The van der Waals surface area contributed by atoms with Crippen LogP contribution in [-0.2, 0) is 0 Å². The first-order valence-corrected chi connectivity index (χ1v) is 12.0. The zero-order chi connectivity index (χ0) is 9.78. The Balaban J connectivity index is 2.83. The third-order valence-electron chi connectivity index (χ3n) is 0.831. The van der Waals surface area contributed by atoms with E-state index in [1.54, 1.807) is 0 Å². The molecule has 0 nitrogen and oxygen atoms in total. The molecule has 0 radical (unpaired) electrons. The Bertz CT molecular complexity index is 115. The van der Waals surface area contributed by atoms with Crippen molar-refractivity contribution in [2.45, 2.75) is 0 Å². The van der Waals surface area contributed by atoms with Gasteiger partial charge in [0.25, 0.3) is 0 Å². The fourth-order valence-electron chi connectivity index (χ4n) is 0.404. The van der Waals surface area contributed by atoms with Gasteiger partial charge in [-0.25, -0.2) is 0 Å². The third kappa shape index (κ3) is 13.4. The van der Waals surface area contributed by atoms with Gasteiger partial charge in [-0.1, -0.05) is 0 Å². The molecule has 0 saturated carbocycles. The molecule has 0 spiro atoms. The van der Waals surface area contributed by atoms with Crippen LogP contribution < -0.4 is 0 Å². The van der Waals surface area contributed by atoms with Crippen LogP contribution in [-0.4, -0.2) is 34.4 Å². The summed E-state index contributed by atoms with van der Waals surface area (Å²) >= 11 is 4.59. The van der Waals surface area contributed by atoms with E-state index >= 15 is 0 Å². The predicted molar refractivity (Wildman–Crippen MR) is 76.0 cm³/mol. The number of thioether (sulfide) groups is 2. The molecule has 13 heavy (non-hydrogen) atoms. The van der Waals surface area contributed by atoms with E-state index in [1.807, 2.05) is 35.7 Å². The normalized spacial score (nSPS) is 9.85. The van der Waals surface area contributed by atoms with Gasteiger partial charge in [-0.2, -0.15) is 0 Å². The first-order valence-electron chi connectivity index (χ1n) is 3.70. The van der Waals surface area contributed by atoms with E-state index in [9.17, 15) is 0 Å². The first-order chi connectivity index (χ1) is 6.41. The minimum atomic E-state index is 0.697.